The fraction of sp³-hybridized carbons (Fsp3) is 0.286. The van der Waals surface area contributed by atoms with Gasteiger partial charge >= 0.3 is 5.97 Å². The molecule has 29 heavy (non-hydrogen) atoms. The molecule has 0 fully saturated rings. The van der Waals surface area contributed by atoms with E-state index in [0.717, 1.165) is 5.56 Å². The van der Waals surface area contributed by atoms with Gasteiger partial charge in [0, 0.05) is 6.54 Å². The number of anilines is 1. The fourth-order valence-corrected chi connectivity index (χ4v) is 3.38. The van der Waals surface area contributed by atoms with Crippen molar-refractivity contribution in [2.45, 2.75) is 24.1 Å². The average Bonchev–Trinajstić information content (AvgIpc) is 2.84. The highest BCUT2D eigenvalue weighted by molar-refractivity contribution is 7.81. The summed E-state index contributed by atoms with van der Waals surface area (Å²) in [7, 11) is 0. The summed E-state index contributed by atoms with van der Waals surface area (Å²) in [4.78, 5) is 38.0. The van der Waals surface area contributed by atoms with Crippen molar-refractivity contribution in [2.75, 3.05) is 18.1 Å². The van der Waals surface area contributed by atoms with E-state index >= 15 is 0 Å². The molecule has 0 saturated heterocycles. The molecule has 2 amide bonds. The number of nitrogens with zero attached hydrogens (tertiary/aromatic N) is 1. The van der Waals surface area contributed by atoms with Gasteiger partial charge in [-0.3, -0.25) is 14.4 Å². The molecule has 0 aromatic heterocycles. The van der Waals surface area contributed by atoms with Gasteiger partial charge in [-0.05, 0) is 24.1 Å². The first-order chi connectivity index (χ1) is 14.0. The molecule has 2 aromatic rings. The van der Waals surface area contributed by atoms with Crippen LogP contribution >= 0.6 is 12.6 Å². The van der Waals surface area contributed by atoms with Crippen LogP contribution in [0.5, 0.6) is 5.75 Å². The second-order valence-electron chi connectivity index (χ2n) is 6.68. The predicted octanol–water partition coefficient (Wildman–Crippen LogP) is 1.91. The monoisotopic (exact) mass is 414 g/mol. The molecule has 152 valence electrons. The van der Waals surface area contributed by atoms with Crippen LogP contribution in [0.3, 0.4) is 0 Å². The summed E-state index contributed by atoms with van der Waals surface area (Å²) in [6.45, 7) is -0.0633. The number of ether oxygens (including phenoxy) is 1. The van der Waals surface area contributed by atoms with Crippen LogP contribution in [0.4, 0.5) is 5.69 Å². The molecule has 2 aromatic carbocycles. The number of hydrogen-bond acceptors (Lipinski definition) is 5. The van der Waals surface area contributed by atoms with E-state index < -0.39 is 23.2 Å². The molecule has 8 heteroatoms. The highest BCUT2D eigenvalue weighted by Crippen LogP contribution is 2.31. The zero-order chi connectivity index (χ0) is 20.8. The van der Waals surface area contributed by atoms with Gasteiger partial charge in [0.25, 0.3) is 5.91 Å². The third kappa shape index (κ3) is 5.29. The van der Waals surface area contributed by atoms with Crippen molar-refractivity contribution in [2.24, 2.45) is 0 Å². The number of carbonyl (C=O) groups excluding carboxylic acids is 2. The minimum Gasteiger partial charge on any atom is -0.489 e. The van der Waals surface area contributed by atoms with Gasteiger partial charge in [0.05, 0.1) is 17.4 Å². The van der Waals surface area contributed by atoms with Gasteiger partial charge in [0.15, 0.2) is 0 Å². The molecule has 1 aliphatic rings. The van der Waals surface area contributed by atoms with Gasteiger partial charge in [0.1, 0.15) is 18.4 Å². The van der Waals surface area contributed by atoms with E-state index in [2.05, 4.69) is 17.9 Å². The van der Waals surface area contributed by atoms with Gasteiger partial charge < -0.3 is 20.1 Å². The number of carbonyl (C=O) groups is 3. The summed E-state index contributed by atoms with van der Waals surface area (Å²) in [5.41, 5.74) is 1.45. The maximum absolute atomic E-state index is 13.1. The summed E-state index contributed by atoms with van der Waals surface area (Å²) in [6, 6.07) is 15.4. The second-order valence-corrected chi connectivity index (χ2v) is 7.30. The smallest absolute Gasteiger partial charge is 0.305 e. The number of aliphatic carboxylic acids is 1. The van der Waals surface area contributed by atoms with Crippen molar-refractivity contribution in [3.05, 3.63) is 60.2 Å². The zero-order valence-corrected chi connectivity index (χ0v) is 16.5. The Morgan fingerprint density at radius 2 is 1.86 bits per heavy atom. The molecular weight excluding hydrogens is 392 g/mol. The van der Waals surface area contributed by atoms with Crippen molar-refractivity contribution in [3.8, 4) is 5.75 Å². The Kier molecular flexibility index (Phi) is 6.77. The maximum atomic E-state index is 13.1. The van der Waals surface area contributed by atoms with E-state index in [1.165, 1.54) is 4.90 Å². The van der Waals surface area contributed by atoms with E-state index in [-0.39, 0.29) is 25.5 Å². The molecule has 0 radical (unpaired) electrons. The van der Waals surface area contributed by atoms with Crippen LogP contribution in [0.15, 0.2) is 54.6 Å². The molecule has 0 unspecified atom stereocenters. The highest BCUT2D eigenvalue weighted by Gasteiger charge is 2.33. The van der Waals surface area contributed by atoms with Crippen LogP contribution in [0.1, 0.15) is 12.0 Å². The normalized spacial score (nSPS) is 16.9. The van der Waals surface area contributed by atoms with Gasteiger partial charge in [0.2, 0.25) is 5.91 Å². The van der Waals surface area contributed by atoms with Gasteiger partial charge in [-0.25, -0.2) is 0 Å². The predicted molar refractivity (Wildman–Crippen MR) is 111 cm³/mol. The van der Waals surface area contributed by atoms with Crippen LogP contribution in [0.25, 0.3) is 0 Å². The van der Waals surface area contributed by atoms with E-state index in [4.69, 9.17) is 9.84 Å². The molecule has 2 atom stereocenters. The molecule has 0 bridgehead atoms. The third-order valence-electron chi connectivity index (χ3n) is 4.57. The van der Waals surface area contributed by atoms with E-state index in [9.17, 15) is 14.4 Å². The molecule has 2 N–H and O–H groups in total. The van der Waals surface area contributed by atoms with E-state index in [1.54, 1.807) is 24.3 Å². The number of nitrogens with one attached hydrogen (secondary N) is 1. The van der Waals surface area contributed by atoms with Gasteiger partial charge in [-0.1, -0.05) is 42.5 Å². The van der Waals surface area contributed by atoms with Crippen LogP contribution < -0.4 is 15.0 Å². The quantitative estimate of drug-likeness (QED) is 0.602. The Bertz CT molecular complexity index is 890. The molecule has 1 heterocycles. The Labute approximate surface area is 174 Å². The summed E-state index contributed by atoms with van der Waals surface area (Å²) in [5, 5.41) is 11.1. The Morgan fingerprint density at radius 3 is 2.59 bits per heavy atom. The molecular formula is C21H22N2O5S. The zero-order valence-electron chi connectivity index (χ0n) is 15.7. The lowest BCUT2D eigenvalue weighted by Crippen LogP contribution is -2.52. The molecule has 1 aliphatic heterocycles. The second kappa shape index (κ2) is 9.47. The highest BCUT2D eigenvalue weighted by atomic mass is 32.1. The van der Waals surface area contributed by atoms with E-state index in [1.807, 2.05) is 30.3 Å². The number of thiol groups is 1. The minimum absolute atomic E-state index is 0.0186. The number of fused-ring (bicyclic) bond motifs is 1. The van der Waals surface area contributed by atoms with Crippen molar-refractivity contribution in [1.29, 1.82) is 0 Å². The van der Waals surface area contributed by atoms with Crippen molar-refractivity contribution >= 4 is 36.1 Å². The van der Waals surface area contributed by atoms with Crippen LogP contribution in [0, 0.1) is 0 Å². The first-order valence-corrected chi connectivity index (χ1v) is 9.74. The van der Waals surface area contributed by atoms with Crippen molar-refractivity contribution in [1.82, 2.24) is 5.32 Å². The van der Waals surface area contributed by atoms with Crippen LogP contribution in [-0.4, -0.2) is 47.3 Å². The molecule has 7 nitrogen and oxygen atoms in total. The lowest BCUT2D eigenvalue weighted by Gasteiger charge is -2.25. The fourth-order valence-electron chi connectivity index (χ4n) is 3.09. The Balaban J connectivity index is 1.73. The maximum Gasteiger partial charge on any atom is 0.305 e. The topological polar surface area (TPSA) is 95.9 Å². The molecule has 0 saturated carbocycles. The number of carboxylic acids is 1. The number of amides is 2. The van der Waals surface area contributed by atoms with Crippen molar-refractivity contribution in [3.63, 3.8) is 0 Å². The summed E-state index contributed by atoms with van der Waals surface area (Å²) in [5.74, 6) is -1.35. The first kappa shape index (κ1) is 20.7. The van der Waals surface area contributed by atoms with Gasteiger partial charge in [-0.15, -0.1) is 0 Å². The number of para-hydroxylation sites is 2. The number of hydrogen-bond donors (Lipinski definition) is 3. The average molecular weight is 414 g/mol. The Morgan fingerprint density at radius 1 is 1.17 bits per heavy atom. The third-order valence-corrected chi connectivity index (χ3v) is 4.98. The molecule has 0 aliphatic carbocycles. The van der Waals surface area contributed by atoms with E-state index in [0.29, 0.717) is 17.9 Å². The first-order valence-electron chi connectivity index (χ1n) is 9.23. The Hall–Kier alpha value is -3.00. The standard InChI is InChI=1S/C21H22N2O5S/c24-19(25)10-11-23-16-8-4-5-9-17(16)28-13-15(21(23)27)22-20(26)18(29)12-14-6-2-1-3-7-14/h1-9,15,18,29H,10-13H2,(H,22,26)(H,24,25)/t15-,18-/m0/s1. The van der Waals surface area contributed by atoms with Crippen LogP contribution in [0.2, 0.25) is 0 Å². The molecule has 0 spiro atoms. The lowest BCUT2D eigenvalue weighted by molar-refractivity contribution is -0.136. The summed E-state index contributed by atoms with van der Waals surface area (Å²) >= 11 is 4.38. The lowest BCUT2D eigenvalue weighted by atomic mass is 10.1. The number of carboxylic acid groups (broad SMARTS) is 1. The number of rotatable bonds is 7. The van der Waals surface area contributed by atoms with Crippen molar-refractivity contribution < 1.29 is 24.2 Å². The molecule has 3 rings (SSSR count). The summed E-state index contributed by atoms with van der Waals surface area (Å²) in [6.07, 6.45) is 0.199. The van der Waals surface area contributed by atoms with Crippen LogP contribution in [-0.2, 0) is 20.8 Å². The van der Waals surface area contributed by atoms with Gasteiger partial charge in [-0.2, -0.15) is 12.6 Å². The minimum atomic E-state index is -1.01. The largest absolute Gasteiger partial charge is 0.489 e. The number of benzene rings is 2. The summed E-state index contributed by atoms with van der Waals surface area (Å²) < 4.78 is 5.72. The SMILES string of the molecule is O=C(O)CCN1C(=O)[C@@H](NC(=O)[C@@H](S)Cc2ccccc2)COc2ccccc21.